The minimum Gasteiger partial charge on any atom is -0.496 e. The number of benzene rings is 2. The summed E-state index contributed by atoms with van der Waals surface area (Å²) in [6, 6.07) is 11.3. The monoisotopic (exact) mass is 418 g/mol. The Morgan fingerprint density at radius 1 is 1.14 bits per heavy atom. The van der Waals surface area contributed by atoms with E-state index in [9.17, 15) is 18.0 Å². The van der Waals surface area contributed by atoms with Gasteiger partial charge in [-0.15, -0.1) is 16.4 Å². The van der Waals surface area contributed by atoms with Gasteiger partial charge in [-0.05, 0) is 36.4 Å². The standard InChI is InChI=1S/C19H13F3N4O2S/c1-28-15-5-3-2-4-13(15)14-10-29-18-24-17(25-26(14)18)23-16(27)11-6-8-12(9-7-11)19(20,21)22/h2-10H,1H3,(H,23,25,27). The van der Waals surface area contributed by atoms with E-state index in [0.717, 1.165) is 35.5 Å². The Bertz CT molecular complexity index is 1180. The van der Waals surface area contributed by atoms with Crippen molar-refractivity contribution >= 4 is 28.2 Å². The lowest BCUT2D eigenvalue weighted by Crippen LogP contribution is -2.14. The molecule has 0 saturated carbocycles. The van der Waals surface area contributed by atoms with E-state index in [-0.39, 0.29) is 11.5 Å². The third kappa shape index (κ3) is 3.66. The van der Waals surface area contributed by atoms with Crippen LogP contribution in [0.5, 0.6) is 5.75 Å². The molecule has 0 aliphatic rings. The minimum atomic E-state index is -4.46. The Hall–Kier alpha value is -3.40. The summed E-state index contributed by atoms with van der Waals surface area (Å²) >= 11 is 1.33. The largest absolute Gasteiger partial charge is 0.496 e. The van der Waals surface area contributed by atoms with E-state index in [1.54, 1.807) is 11.6 Å². The third-order valence-corrected chi connectivity index (χ3v) is 4.98. The zero-order valence-corrected chi connectivity index (χ0v) is 15.7. The molecule has 2 aromatic carbocycles. The number of hydrogen-bond acceptors (Lipinski definition) is 5. The van der Waals surface area contributed by atoms with Crippen molar-refractivity contribution in [2.45, 2.75) is 6.18 Å². The molecule has 0 unspecified atom stereocenters. The van der Waals surface area contributed by atoms with Crippen molar-refractivity contribution in [3.05, 3.63) is 65.0 Å². The predicted molar refractivity (Wildman–Crippen MR) is 102 cm³/mol. The van der Waals surface area contributed by atoms with E-state index in [1.807, 2.05) is 29.6 Å². The van der Waals surface area contributed by atoms with E-state index in [4.69, 9.17) is 4.74 Å². The highest BCUT2D eigenvalue weighted by molar-refractivity contribution is 7.15. The van der Waals surface area contributed by atoms with Crippen molar-refractivity contribution in [2.24, 2.45) is 0 Å². The molecule has 2 heterocycles. The highest BCUT2D eigenvalue weighted by atomic mass is 32.1. The van der Waals surface area contributed by atoms with Crippen molar-refractivity contribution in [3.8, 4) is 17.0 Å². The van der Waals surface area contributed by atoms with Crippen molar-refractivity contribution in [2.75, 3.05) is 12.4 Å². The van der Waals surface area contributed by atoms with Gasteiger partial charge in [-0.1, -0.05) is 12.1 Å². The average molecular weight is 418 g/mol. The van der Waals surface area contributed by atoms with Gasteiger partial charge in [0.25, 0.3) is 11.9 Å². The number of methoxy groups -OCH3 is 1. The number of halogens is 3. The van der Waals surface area contributed by atoms with Gasteiger partial charge in [0.15, 0.2) is 0 Å². The number of nitrogens with one attached hydrogen (secondary N) is 1. The molecule has 2 aromatic heterocycles. The zero-order valence-electron chi connectivity index (χ0n) is 14.9. The maximum Gasteiger partial charge on any atom is 0.416 e. The number of nitrogens with zero attached hydrogens (tertiary/aromatic N) is 3. The Kier molecular flexibility index (Phi) is 4.71. The highest BCUT2D eigenvalue weighted by Gasteiger charge is 2.30. The molecular formula is C19H13F3N4O2S. The third-order valence-electron chi connectivity index (χ3n) is 4.16. The van der Waals surface area contributed by atoms with Crippen LogP contribution in [-0.4, -0.2) is 27.6 Å². The van der Waals surface area contributed by atoms with Gasteiger partial charge in [0, 0.05) is 16.5 Å². The highest BCUT2D eigenvalue weighted by Crippen LogP contribution is 2.33. The van der Waals surface area contributed by atoms with E-state index < -0.39 is 17.6 Å². The molecule has 6 nitrogen and oxygen atoms in total. The van der Waals surface area contributed by atoms with E-state index in [0.29, 0.717) is 10.7 Å². The number of alkyl halides is 3. The number of ether oxygens (including phenoxy) is 1. The molecule has 0 atom stereocenters. The second-order valence-corrected chi connectivity index (χ2v) is 6.82. The average Bonchev–Trinajstić information content (AvgIpc) is 3.27. The normalized spacial score (nSPS) is 11.6. The lowest BCUT2D eigenvalue weighted by molar-refractivity contribution is -0.137. The first-order valence-electron chi connectivity index (χ1n) is 8.33. The van der Waals surface area contributed by atoms with Crippen LogP contribution in [-0.2, 0) is 6.18 Å². The summed E-state index contributed by atoms with van der Waals surface area (Å²) in [6.45, 7) is 0. The second kappa shape index (κ2) is 7.21. The van der Waals surface area contributed by atoms with E-state index in [2.05, 4.69) is 15.4 Å². The van der Waals surface area contributed by atoms with Gasteiger partial charge < -0.3 is 4.74 Å². The molecule has 1 amide bonds. The number of para-hydroxylation sites is 1. The van der Waals surface area contributed by atoms with Crippen LogP contribution >= 0.6 is 11.3 Å². The van der Waals surface area contributed by atoms with Crippen LogP contribution in [0, 0.1) is 0 Å². The summed E-state index contributed by atoms with van der Waals surface area (Å²) in [6.07, 6.45) is -4.46. The first-order chi connectivity index (χ1) is 13.9. The molecule has 4 aromatic rings. The fraction of sp³-hybridized carbons (Fsp3) is 0.105. The van der Waals surface area contributed by atoms with Gasteiger partial charge >= 0.3 is 6.18 Å². The van der Waals surface area contributed by atoms with Gasteiger partial charge in [0.05, 0.1) is 18.4 Å². The van der Waals surface area contributed by atoms with Crippen LogP contribution in [0.15, 0.2) is 53.9 Å². The van der Waals surface area contributed by atoms with Gasteiger partial charge in [0.2, 0.25) is 4.96 Å². The number of rotatable bonds is 4. The van der Waals surface area contributed by atoms with E-state index in [1.165, 1.54) is 11.3 Å². The van der Waals surface area contributed by atoms with Gasteiger partial charge in [0.1, 0.15) is 5.75 Å². The lowest BCUT2D eigenvalue weighted by atomic mass is 10.1. The van der Waals surface area contributed by atoms with Crippen LogP contribution in [0.2, 0.25) is 0 Å². The summed E-state index contributed by atoms with van der Waals surface area (Å²) in [5, 5.41) is 8.68. The van der Waals surface area contributed by atoms with Crippen molar-refractivity contribution in [1.29, 1.82) is 0 Å². The maximum atomic E-state index is 12.7. The van der Waals surface area contributed by atoms with Crippen molar-refractivity contribution in [1.82, 2.24) is 14.6 Å². The molecule has 0 spiro atoms. The first-order valence-corrected chi connectivity index (χ1v) is 9.21. The topological polar surface area (TPSA) is 68.5 Å². The summed E-state index contributed by atoms with van der Waals surface area (Å²) in [5.74, 6) is 0.117. The fourth-order valence-electron chi connectivity index (χ4n) is 2.76. The Morgan fingerprint density at radius 3 is 2.55 bits per heavy atom. The summed E-state index contributed by atoms with van der Waals surface area (Å²) in [7, 11) is 1.57. The lowest BCUT2D eigenvalue weighted by Gasteiger charge is -2.07. The first kappa shape index (κ1) is 18.9. The van der Waals surface area contributed by atoms with Crippen LogP contribution < -0.4 is 10.1 Å². The van der Waals surface area contributed by atoms with Crippen LogP contribution in [0.25, 0.3) is 16.2 Å². The summed E-state index contributed by atoms with van der Waals surface area (Å²) in [4.78, 5) is 17.1. The van der Waals surface area contributed by atoms with Gasteiger partial charge in [-0.25, -0.2) is 4.52 Å². The van der Waals surface area contributed by atoms with Crippen molar-refractivity contribution < 1.29 is 22.7 Å². The van der Waals surface area contributed by atoms with E-state index >= 15 is 0 Å². The van der Waals surface area contributed by atoms with Crippen LogP contribution in [0.3, 0.4) is 0 Å². The van der Waals surface area contributed by atoms with Crippen LogP contribution in [0.1, 0.15) is 15.9 Å². The second-order valence-electron chi connectivity index (χ2n) is 5.98. The number of carbonyl (C=O) groups excluding carboxylic acids is 1. The van der Waals surface area contributed by atoms with Crippen LogP contribution in [0.4, 0.5) is 19.1 Å². The molecular weight excluding hydrogens is 405 g/mol. The Labute approximate surface area is 166 Å². The SMILES string of the molecule is COc1ccccc1-c1csc2nc(NC(=O)c3ccc(C(F)(F)F)cc3)nn12. The molecule has 10 heteroatoms. The molecule has 0 bridgehead atoms. The zero-order chi connectivity index (χ0) is 20.6. The van der Waals surface area contributed by atoms with Crippen molar-refractivity contribution in [3.63, 3.8) is 0 Å². The number of carbonyl (C=O) groups is 1. The van der Waals surface area contributed by atoms with Gasteiger partial charge in [-0.3, -0.25) is 10.1 Å². The predicted octanol–water partition coefficient (Wildman–Crippen LogP) is 4.74. The molecule has 0 saturated heterocycles. The number of fused-ring (bicyclic) bond motifs is 1. The molecule has 4 rings (SSSR count). The molecule has 148 valence electrons. The van der Waals surface area contributed by atoms with Gasteiger partial charge in [-0.2, -0.15) is 18.2 Å². The maximum absolute atomic E-state index is 12.7. The molecule has 0 aliphatic heterocycles. The smallest absolute Gasteiger partial charge is 0.416 e. The quantitative estimate of drug-likeness (QED) is 0.520. The molecule has 0 fully saturated rings. The number of anilines is 1. The Balaban J connectivity index is 1.59. The summed E-state index contributed by atoms with van der Waals surface area (Å²) in [5.41, 5.74) is 0.800. The number of hydrogen-bond donors (Lipinski definition) is 1. The molecule has 1 N–H and O–H groups in total. The number of thiazole rings is 1. The molecule has 0 aliphatic carbocycles. The molecule has 29 heavy (non-hydrogen) atoms. The summed E-state index contributed by atoms with van der Waals surface area (Å²) < 4.78 is 44.9. The molecule has 0 radical (unpaired) electrons. The minimum absolute atomic E-state index is 0.0536. The number of aromatic nitrogens is 3. The fourth-order valence-corrected chi connectivity index (χ4v) is 3.58. The Morgan fingerprint density at radius 2 is 1.86 bits per heavy atom. The number of amides is 1.